The molecular formula is C23H23N3O2. The summed E-state index contributed by atoms with van der Waals surface area (Å²) < 4.78 is 0. The summed E-state index contributed by atoms with van der Waals surface area (Å²) in [6, 6.07) is 17.6. The number of carbonyl (C=O) groups is 2. The van der Waals surface area contributed by atoms with E-state index in [0.29, 0.717) is 18.5 Å². The maximum atomic E-state index is 12.7. The summed E-state index contributed by atoms with van der Waals surface area (Å²) >= 11 is 0. The van der Waals surface area contributed by atoms with Crippen LogP contribution in [0, 0.1) is 0 Å². The van der Waals surface area contributed by atoms with Crippen LogP contribution in [-0.2, 0) is 4.79 Å². The van der Waals surface area contributed by atoms with Crippen LogP contribution in [0.3, 0.4) is 0 Å². The van der Waals surface area contributed by atoms with E-state index >= 15 is 0 Å². The van der Waals surface area contributed by atoms with E-state index < -0.39 is 0 Å². The van der Waals surface area contributed by atoms with Crippen molar-refractivity contribution in [2.75, 3.05) is 13.1 Å². The third kappa shape index (κ3) is 3.88. The number of carbonyl (C=O) groups excluding carboxylic acids is 2. The molecule has 5 heteroatoms. The summed E-state index contributed by atoms with van der Waals surface area (Å²) in [7, 11) is 0. The summed E-state index contributed by atoms with van der Waals surface area (Å²) in [6.07, 6.45) is 5.81. The summed E-state index contributed by atoms with van der Waals surface area (Å²) in [5.41, 5.74) is 1.74. The van der Waals surface area contributed by atoms with E-state index in [2.05, 4.69) is 10.3 Å². The van der Waals surface area contributed by atoms with Gasteiger partial charge in [0.2, 0.25) is 5.91 Å². The lowest BCUT2D eigenvalue weighted by atomic mass is 10.1. The molecule has 1 aliphatic heterocycles. The van der Waals surface area contributed by atoms with Crippen molar-refractivity contribution < 1.29 is 9.59 Å². The molecule has 142 valence electrons. The molecule has 2 heterocycles. The molecule has 1 saturated heterocycles. The van der Waals surface area contributed by atoms with E-state index in [9.17, 15) is 9.59 Å². The fourth-order valence-electron chi connectivity index (χ4n) is 3.86. The minimum atomic E-state index is -0.148. The Labute approximate surface area is 164 Å². The third-order valence-corrected chi connectivity index (χ3v) is 5.30. The van der Waals surface area contributed by atoms with Crippen LogP contribution in [0.1, 0.15) is 41.2 Å². The molecule has 0 spiro atoms. The molecule has 1 N–H and O–H groups in total. The second-order valence-electron chi connectivity index (χ2n) is 7.09. The van der Waals surface area contributed by atoms with Gasteiger partial charge in [-0.3, -0.25) is 14.6 Å². The van der Waals surface area contributed by atoms with Gasteiger partial charge in [0.15, 0.2) is 0 Å². The van der Waals surface area contributed by atoms with Gasteiger partial charge in [-0.15, -0.1) is 0 Å². The molecule has 0 unspecified atom stereocenters. The number of hydrogen-bond donors (Lipinski definition) is 1. The molecule has 1 atom stereocenters. The molecule has 1 aliphatic rings. The number of hydrogen-bond acceptors (Lipinski definition) is 3. The van der Waals surface area contributed by atoms with Crippen molar-refractivity contribution in [3.8, 4) is 0 Å². The van der Waals surface area contributed by atoms with Crippen molar-refractivity contribution in [3.63, 3.8) is 0 Å². The number of benzene rings is 2. The summed E-state index contributed by atoms with van der Waals surface area (Å²) in [5.74, 6) is -0.0659. The lowest BCUT2D eigenvalue weighted by Crippen LogP contribution is -2.34. The fourth-order valence-corrected chi connectivity index (χ4v) is 3.86. The molecule has 0 bridgehead atoms. The molecule has 4 rings (SSSR count). The SMILES string of the molecule is O=C(NCCC(=O)N1CCC[C@H]1c1ccncc1)c1ccc2ccccc2c1. The van der Waals surface area contributed by atoms with Crippen molar-refractivity contribution in [2.45, 2.75) is 25.3 Å². The number of rotatable bonds is 5. The van der Waals surface area contributed by atoms with E-state index in [0.717, 1.165) is 35.7 Å². The maximum absolute atomic E-state index is 12.7. The monoisotopic (exact) mass is 373 g/mol. The molecule has 0 radical (unpaired) electrons. The van der Waals surface area contributed by atoms with Gasteiger partial charge in [-0.25, -0.2) is 0 Å². The third-order valence-electron chi connectivity index (χ3n) is 5.30. The van der Waals surface area contributed by atoms with Crippen LogP contribution >= 0.6 is 0 Å². The zero-order valence-corrected chi connectivity index (χ0v) is 15.7. The van der Waals surface area contributed by atoms with Crippen LogP contribution in [0.15, 0.2) is 67.0 Å². The number of likely N-dealkylation sites (tertiary alicyclic amines) is 1. The van der Waals surface area contributed by atoms with Gasteiger partial charge in [-0.05, 0) is 53.4 Å². The van der Waals surface area contributed by atoms with Gasteiger partial charge in [-0.1, -0.05) is 30.3 Å². The van der Waals surface area contributed by atoms with Crippen LogP contribution in [0.25, 0.3) is 10.8 Å². The largest absolute Gasteiger partial charge is 0.352 e. The first-order valence-corrected chi connectivity index (χ1v) is 9.69. The van der Waals surface area contributed by atoms with Crippen molar-refractivity contribution in [2.24, 2.45) is 0 Å². The number of pyridine rings is 1. The first-order chi connectivity index (χ1) is 13.7. The van der Waals surface area contributed by atoms with Crippen molar-refractivity contribution in [3.05, 3.63) is 78.1 Å². The molecule has 1 aromatic heterocycles. The van der Waals surface area contributed by atoms with E-state index in [-0.39, 0.29) is 17.9 Å². The molecule has 3 aromatic rings. The average molecular weight is 373 g/mol. The highest BCUT2D eigenvalue weighted by molar-refractivity contribution is 5.98. The minimum Gasteiger partial charge on any atom is -0.352 e. The first kappa shape index (κ1) is 18.2. The Kier molecular flexibility index (Phi) is 5.33. The lowest BCUT2D eigenvalue weighted by Gasteiger charge is -2.25. The Hall–Kier alpha value is -3.21. The zero-order chi connectivity index (χ0) is 19.3. The Morgan fingerprint density at radius 3 is 2.64 bits per heavy atom. The second-order valence-corrected chi connectivity index (χ2v) is 7.09. The van der Waals surface area contributed by atoms with Crippen LogP contribution in [0.2, 0.25) is 0 Å². The van der Waals surface area contributed by atoms with Crippen LogP contribution in [-0.4, -0.2) is 34.8 Å². The molecule has 2 aromatic carbocycles. The Balaban J connectivity index is 1.33. The minimum absolute atomic E-state index is 0.0816. The molecule has 5 nitrogen and oxygen atoms in total. The molecule has 28 heavy (non-hydrogen) atoms. The first-order valence-electron chi connectivity index (χ1n) is 9.69. The predicted molar refractivity (Wildman–Crippen MR) is 109 cm³/mol. The highest BCUT2D eigenvalue weighted by atomic mass is 16.2. The van der Waals surface area contributed by atoms with E-state index in [1.54, 1.807) is 12.4 Å². The van der Waals surface area contributed by atoms with Gasteiger partial charge in [0.1, 0.15) is 0 Å². The van der Waals surface area contributed by atoms with Crippen molar-refractivity contribution >= 4 is 22.6 Å². The van der Waals surface area contributed by atoms with Crippen LogP contribution in [0.5, 0.6) is 0 Å². The van der Waals surface area contributed by atoms with Gasteiger partial charge in [0, 0.05) is 37.5 Å². The standard InChI is InChI=1S/C23H23N3O2/c27-22(26-15-3-6-21(26)18-9-12-24-13-10-18)11-14-25-23(28)20-8-7-17-4-1-2-5-19(17)16-20/h1-2,4-5,7-10,12-13,16,21H,3,6,11,14-15H2,(H,25,28)/t21-/m0/s1. The number of fused-ring (bicyclic) bond motifs is 1. The number of nitrogens with one attached hydrogen (secondary N) is 1. The Morgan fingerprint density at radius 2 is 1.82 bits per heavy atom. The van der Waals surface area contributed by atoms with Crippen LogP contribution < -0.4 is 5.32 Å². The summed E-state index contributed by atoms with van der Waals surface area (Å²) in [5, 5.41) is 5.01. The Morgan fingerprint density at radius 1 is 1.04 bits per heavy atom. The topological polar surface area (TPSA) is 62.3 Å². The van der Waals surface area contributed by atoms with E-state index in [1.807, 2.05) is 59.5 Å². The van der Waals surface area contributed by atoms with Crippen molar-refractivity contribution in [1.29, 1.82) is 0 Å². The lowest BCUT2D eigenvalue weighted by molar-refractivity contribution is -0.132. The molecule has 0 saturated carbocycles. The van der Waals surface area contributed by atoms with Gasteiger partial charge < -0.3 is 10.2 Å². The Bertz CT molecular complexity index is 987. The van der Waals surface area contributed by atoms with Gasteiger partial charge >= 0.3 is 0 Å². The average Bonchev–Trinajstić information content (AvgIpc) is 3.24. The second kappa shape index (κ2) is 8.21. The molecular weight excluding hydrogens is 350 g/mol. The van der Waals surface area contributed by atoms with Gasteiger partial charge in [-0.2, -0.15) is 0 Å². The fraction of sp³-hybridized carbons (Fsp3) is 0.261. The summed E-state index contributed by atoms with van der Waals surface area (Å²) in [4.78, 5) is 31.1. The van der Waals surface area contributed by atoms with E-state index in [1.165, 1.54) is 0 Å². The summed E-state index contributed by atoms with van der Waals surface area (Å²) in [6.45, 7) is 1.11. The van der Waals surface area contributed by atoms with E-state index in [4.69, 9.17) is 0 Å². The van der Waals surface area contributed by atoms with Gasteiger partial charge in [0.05, 0.1) is 6.04 Å². The van der Waals surface area contributed by atoms with Crippen LogP contribution in [0.4, 0.5) is 0 Å². The zero-order valence-electron chi connectivity index (χ0n) is 15.7. The van der Waals surface area contributed by atoms with Gasteiger partial charge in [0.25, 0.3) is 5.91 Å². The molecule has 1 fully saturated rings. The highest BCUT2D eigenvalue weighted by Crippen LogP contribution is 2.31. The maximum Gasteiger partial charge on any atom is 0.251 e. The predicted octanol–water partition coefficient (Wildman–Crippen LogP) is 3.72. The van der Waals surface area contributed by atoms with Crippen molar-refractivity contribution in [1.82, 2.24) is 15.2 Å². The normalized spacial score (nSPS) is 16.3. The molecule has 2 amide bonds. The number of aromatic nitrogens is 1. The number of nitrogens with zero attached hydrogens (tertiary/aromatic N) is 2. The highest BCUT2D eigenvalue weighted by Gasteiger charge is 2.29. The number of amides is 2. The smallest absolute Gasteiger partial charge is 0.251 e. The molecule has 0 aliphatic carbocycles. The quantitative estimate of drug-likeness (QED) is 0.741.